The number of H-pyrrole nitrogens is 1. The summed E-state index contributed by atoms with van der Waals surface area (Å²) in [7, 11) is 0. The number of nitrogens with zero attached hydrogens (tertiary/aromatic N) is 2. The first-order valence-electron chi connectivity index (χ1n) is 9.61. The number of nitrogens with one attached hydrogen (secondary N) is 2. The zero-order chi connectivity index (χ0) is 21.8. The third kappa shape index (κ3) is 3.46. The molecule has 2 aliphatic heterocycles. The Balaban J connectivity index is 1.59. The van der Waals surface area contributed by atoms with Gasteiger partial charge in [0.1, 0.15) is 40.7 Å². The molecule has 0 radical (unpaired) electrons. The predicted molar refractivity (Wildman–Crippen MR) is 99.9 cm³/mol. The summed E-state index contributed by atoms with van der Waals surface area (Å²) < 4.78 is 79.8. The van der Waals surface area contributed by atoms with E-state index in [0.717, 1.165) is 12.4 Å². The summed E-state index contributed by atoms with van der Waals surface area (Å²) in [4.78, 5) is 10.2. The van der Waals surface area contributed by atoms with Crippen LogP contribution in [0.4, 0.5) is 27.8 Å². The monoisotopic (exact) mass is 440 g/mol. The Hall–Kier alpha value is -2.95. The minimum absolute atomic E-state index is 0.00748. The quantitative estimate of drug-likeness (QED) is 0.591. The molecule has 11 heteroatoms. The molecular formula is C20H17F5N4O2. The summed E-state index contributed by atoms with van der Waals surface area (Å²) in [6.07, 6.45) is -3.32. The van der Waals surface area contributed by atoms with Crippen molar-refractivity contribution in [3.63, 3.8) is 0 Å². The van der Waals surface area contributed by atoms with Gasteiger partial charge in [0.2, 0.25) is 0 Å². The van der Waals surface area contributed by atoms with E-state index in [-0.39, 0.29) is 48.8 Å². The van der Waals surface area contributed by atoms with Crippen LogP contribution in [0.5, 0.6) is 5.75 Å². The highest BCUT2D eigenvalue weighted by Gasteiger charge is 2.50. The number of fused-ring (bicyclic) bond motifs is 2. The Morgan fingerprint density at radius 3 is 2.77 bits per heavy atom. The summed E-state index contributed by atoms with van der Waals surface area (Å²) in [6.45, 7) is 0.0704. The van der Waals surface area contributed by atoms with E-state index < -0.39 is 35.3 Å². The van der Waals surface area contributed by atoms with Gasteiger partial charge in [0.15, 0.2) is 0 Å². The van der Waals surface area contributed by atoms with Crippen LogP contribution in [0.2, 0.25) is 0 Å². The zero-order valence-electron chi connectivity index (χ0n) is 16.0. The number of aromatic amines is 1. The number of benzene rings is 1. The second-order valence-electron chi connectivity index (χ2n) is 7.72. The molecule has 2 N–H and O–H groups in total. The van der Waals surface area contributed by atoms with E-state index in [0.29, 0.717) is 5.56 Å². The number of alkyl halides is 4. The predicted octanol–water partition coefficient (Wildman–Crippen LogP) is 4.41. The van der Waals surface area contributed by atoms with Crippen LogP contribution in [-0.2, 0) is 10.9 Å². The number of halogens is 5. The van der Waals surface area contributed by atoms with Crippen LogP contribution in [0.25, 0.3) is 11.0 Å². The molecule has 0 amide bonds. The summed E-state index contributed by atoms with van der Waals surface area (Å²) in [5.41, 5.74) is -2.21. The molecule has 1 saturated heterocycles. The lowest BCUT2D eigenvalue weighted by Gasteiger charge is -2.40. The third-order valence-electron chi connectivity index (χ3n) is 5.82. The van der Waals surface area contributed by atoms with Gasteiger partial charge in [0, 0.05) is 24.7 Å². The first kappa shape index (κ1) is 20.0. The van der Waals surface area contributed by atoms with Gasteiger partial charge in [-0.2, -0.15) is 13.2 Å². The fourth-order valence-electron chi connectivity index (χ4n) is 4.21. The molecule has 1 fully saturated rings. The van der Waals surface area contributed by atoms with Crippen LogP contribution in [0, 0.1) is 11.7 Å². The van der Waals surface area contributed by atoms with Crippen molar-refractivity contribution in [2.45, 2.75) is 24.3 Å². The lowest BCUT2D eigenvalue weighted by Crippen LogP contribution is -2.45. The average molecular weight is 440 g/mol. The highest BCUT2D eigenvalue weighted by Crippen LogP contribution is 2.47. The molecule has 164 valence electrons. The van der Waals surface area contributed by atoms with Gasteiger partial charge in [0.25, 0.3) is 0 Å². The van der Waals surface area contributed by atoms with Crippen molar-refractivity contribution in [3.8, 4) is 5.75 Å². The van der Waals surface area contributed by atoms with Crippen LogP contribution >= 0.6 is 0 Å². The normalized spacial score (nSPS) is 26.0. The summed E-state index contributed by atoms with van der Waals surface area (Å²) in [5.74, 6) is -0.906. The molecule has 5 rings (SSSR count). The van der Waals surface area contributed by atoms with E-state index >= 15 is 4.39 Å². The number of anilines is 1. The summed E-state index contributed by atoms with van der Waals surface area (Å²) in [5, 5.41) is 3.19. The van der Waals surface area contributed by atoms with Crippen molar-refractivity contribution in [2.24, 2.45) is 5.92 Å². The van der Waals surface area contributed by atoms with Gasteiger partial charge in [0.05, 0.1) is 30.6 Å². The molecule has 3 atom stereocenters. The number of ether oxygens (including phenoxy) is 2. The largest absolute Gasteiger partial charge is 0.493 e. The Kier molecular flexibility index (Phi) is 4.54. The lowest BCUT2D eigenvalue weighted by atomic mass is 9.78. The fraction of sp³-hybridized carbons (Fsp3) is 0.400. The van der Waals surface area contributed by atoms with E-state index in [2.05, 4.69) is 20.3 Å². The van der Waals surface area contributed by atoms with Gasteiger partial charge >= 0.3 is 6.18 Å². The first-order valence-corrected chi connectivity index (χ1v) is 9.61. The fourth-order valence-corrected chi connectivity index (χ4v) is 4.21. The lowest BCUT2D eigenvalue weighted by molar-refractivity contribution is -0.140. The second kappa shape index (κ2) is 7.04. The van der Waals surface area contributed by atoms with Gasteiger partial charge < -0.3 is 19.8 Å². The van der Waals surface area contributed by atoms with Gasteiger partial charge in [-0.1, -0.05) is 6.07 Å². The van der Waals surface area contributed by atoms with E-state index in [1.807, 2.05) is 0 Å². The SMILES string of the molecule is Fc1ccc2c(c1)OCC(C1(F)CCOC1)C2Nc1ncnc2[nH]c(C(F)(F)F)cc12. The molecule has 4 heterocycles. The van der Waals surface area contributed by atoms with E-state index in [4.69, 9.17) is 9.47 Å². The number of hydrogen-bond donors (Lipinski definition) is 2. The molecule has 6 nitrogen and oxygen atoms in total. The maximum absolute atomic E-state index is 15.7. The zero-order valence-corrected chi connectivity index (χ0v) is 16.0. The highest BCUT2D eigenvalue weighted by molar-refractivity contribution is 5.88. The Morgan fingerprint density at radius 2 is 2.03 bits per heavy atom. The van der Waals surface area contributed by atoms with Crippen molar-refractivity contribution in [3.05, 3.63) is 47.7 Å². The van der Waals surface area contributed by atoms with E-state index in [1.54, 1.807) is 0 Å². The van der Waals surface area contributed by atoms with Crippen LogP contribution in [0.1, 0.15) is 23.7 Å². The van der Waals surface area contributed by atoms with E-state index in [9.17, 15) is 17.6 Å². The third-order valence-corrected chi connectivity index (χ3v) is 5.82. The van der Waals surface area contributed by atoms with Gasteiger partial charge in [-0.15, -0.1) is 0 Å². The molecule has 3 unspecified atom stereocenters. The molecule has 31 heavy (non-hydrogen) atoms. The van der Waals surface area contributed by atoms with Crippen molar-refractivity contribution in [1.29, 1.82) is 0 Å². The number of rotatable bonds is 3. The second-order valence-corrected chi connectivity index (χ2v) is 7.72. The topological polar surface area (TPSA) is 72.1 Å². The molecule has 0 spiro atoms. The first-order chi connectivity index (χ1) is 14.7. The molecule has 3 aromatic rings. The van der Waals surface area contributed by atoms with Gasteiger partial charge in [-0.25, -0.2) is 18.7 Å². The minimum atomic E-state index is -4.59. The van der Waals surface area contributed by atoms with Crippen LogP contribution in [-0.4, -0.2) is 40.4 Å². The summed E-state index contributed by atoms with van der Waals surface area (Å²) in [6, 6.07) is 4.07. The average Bonchev–Trinajstić information content (AvgIpc) is 3.35. The van der Waals surface area contributed by atoms with Crippen LogP contribution in [0.3, 0.4) is 0 Å². The van der Waals surface area contributed by atoms with Crippen molar-refractivity contribution in [2.75, 3.05) is 25.1 Å². The highest BCUT2D eigenvalue weighted by atomic mass is 19.4. The van der Waals surface area contributed by atoms with Crippen molar-refractivity contribution >= 4 is 16.9 Å². The Bertz CT molecular complexity index is 1130. The molecule has 0 saturated carbocycles. The standard InChI is InChI=1S/C20H17F5N4O2/c21-10-1-2-11-14(5-10)31-7-13(19(22)3-4-30-8-19)16(11)29-18-12-6-15(20(23,24)25)28-17(12)26-9-27-18/h1-2,5-6,9,13,16H,3-4,7-8H2,(H2,26,27,28,29). The Labute approximate surface area is 172 Å². The van der Waals surface area contributed by atoms with Crippen molar-refractivity contribution < 1.29 is 31.4 Å². The maximum Gasteiger partial charge on any atom is 0.431 e. The molecule has 2 aromatic heterocycles. The molecule has 1 aromatic carbocycles. The van der Waals surface area contributed by atoms with Crippen molar-refractivity contribution in [1.82, 2.24) is 15.0 Å². The molecule has 0 bridgehead atoms. The molecule has 2 aliphatic rings. The minimum Gasteiger partial charge on any atom is -0.493 e. The van der Waals surface area contributed by atoms with E-state index in [1.165, 1.54) is 18.2 Å². The Morgan fingerprint density at radius 1 is 1.19 bits per heavy atom. The summed E-state index contributed by atoms with van der Waals surface area (Å²) >= 11 is 0. The number of hydrogen-bond acceptors (Lipinski definition) is 5. The van der Waals surface area contributed by atoms with Crippen LogP contribution < -0.4 is 10.1 Å². The van der Waals surface area contributed by atoms with Gasteiger partial charge in [-0.05, 0) is 12.1 Å². The van der Waals surface area contributed by atoms with Gasteiger partial charge in [-0.3, -0.25) is 0 Å². The molecular weight excluding hydrogens is 423 g/mol. The smallest absolute Gasteiger partial charge is 0.431 e. The maximum atomic E-state index is 15.7. The van der Waals surface area contributed by atoms with Crippen LogP contribution in [0.15, 0.2) is 30.6 Å². The molecule has 0 aliphatic carbocycles. The number of aromatic nitrogens is 3.